The quantitative estimate of drug-likeness (QED) is 0.180. The second kappa shape index (κ2) is 6.77. The van der Waals surface area contributed by atoms with Crippen molar-refractivity contribution < 1.29 is 30.2 Å². The lowest BCUT2D eigenvalue weighted by Gasteiger charge is -2.27. The summed E-state index contributed by atoms with van der Waals surface area (Å²) in [5.41, 5.74) is 0. The van der Waals surface area contributed by atoms with E-state index in [0.29, 0.717) is 0 Å². The van der Waals surface area contributed by atoms with Gasteiger partial charge >= 0.3 is 0 Å². The fourth-order valence-electron chi connectivity index (χ4n) is 1.08. The molecule has 0 aliphatic rings. The maximum absolute atomic E-state index is 9.55. The van der Waals surface area contributed by atoms with E-state index in [1.807, 2.05) is 0 Å². The molecule has 0 aromatic carbocycles. The normalized spacial score (nSPS) is 18.7. The summed E-state index contributed by atoms with van der Waals surface area (Å²) < 4.78 is 1.45. The molecule has 5 N–H and O–H groups in total. The van der Waals surface area contributed by atoms with Crippen molar-refractivity contribution in [3.05, 3.63) is 0 Å². The first-order valence-electron chi connectivity index (χ1n) is 4.89. The van der Waals surface area contributed by atoms with Gasteiger partial charge in [0.15, 0.2) is 13.8 Å². The third kappa shape index (κ3) is 4.42. The Morgan fingerprint density at radius 1 is 1.12 bits per heavy atom. The number of nitrogens with zero attached hydrogens (tertiary/aromatic N) is 2. The number of rotatable bonds is 7. The molecule has 4 unspecified atom stereocenters. The van der Waals surface area contributed by atoms with Gasteiger partial charge < -0.3 is 25.5 Å². The van der Waals surface area contributed by atoms with Crippen LogP contribution in [0.4, 0.5) is 0 Å². The maximum Gasteiger partial charge on any atom is 0.161 e. The summed E-state index contributed by atoms with van der Waals surface area (Å²) in [6.07, 6.45) is -5.87. The van der Waals surface area contributed by atoms with Crippen molar-refractivity contribution in [1.82, 2.24) is 5.01 Å². The molecule has 0 aliphatic heterocycles. The van der Waals surface area contributed by atoms with Gasteiger partial charge in [-0.05, 0) is 0 Å². The maximum atomic E-state index is 9.55. The molecule has 7 nitrogen and oxygen atoms in total. The molecule has 0 saturated heterocycles. The molecule has 0 radical (unpaired) electrons. The van der Waals surface area contributed by atoms with Crippen molar-refractivity contribution in [2.45, 2.75) is 24.4 Å². The molecule has 0 aromatic heterocycles. The Hall–Kier alpha value is -0.730. The van der Waals surface area contributed by atoms with E-state index in [-0.39, 0.29) is 6.54 Å². The first-order valence-corrected chi connectivity index (χ1v) is 4.89. The van der Waals surface area contributed by atoms with Gasteiger partial charge in [0.2, 0.25) is 0 Å². The van der Waals surface area contributed by atoms with E-state index in [2.05, 4.69) is 6.72 Å². The molecule has 0 rings (SSSR count). The second-order valence-corrected chi connectivity index (χ2v) is 3.80. The first-order chi connectivity index (χ1) is 7.31. The van der Waals surface area contributed by atoms with Gasteiger partial charge in [-0.2, -0.15) is 5.01 Å². The smallest absolute Gasteiger partial charge is 0.161 e. The average molecular weight is 237 g/mol. The van der Waals surface area contributed by atoms with E-state index >= 15 is 0 Å². The number of hydrazine groups is 1. The van der Waals surface area contributed by atoms with Crippen LogP contribution in [0.15, 0.2) is 0 Å². The van der Waals surface area contributed by atoms with Crippen molar-refractivity contribution in [2.75, 3.05) is 27.2 Å². The molecule has 0 aromatic rings. The number of aliphatic hydroxyl groups excluding tert-OH is 5. The Balaban J connectivity index is 4.27. The molecule has 16 heavy (non-hydrogen) atoms. The summed E-state index contributed by atoms with van der Waals surface area (Å²) in [4.78, 5) is 0. The number of hydrazone groups is 1. The molecule has 7 heteroatoms. The lowest BCUT2D eigenvalue weighted by Crippen LogP contribution is -2.50. The monoisotopic (exact) mass is 237 g/mol. The largest absolute Gasteiger partial charge is 0.394 e. The predicted octanol–water partition coefficient (Wildman–Crippen LogP) is -3.39. The molecule has 0 spiro atoms. The van der Waals surface area contributed by atoms with Crippen LogP contribution in [0, 0.1) is 0 Å². The highest BCUT2D eigenvalue weighted by molar-refractivity contribution is 5.13. The molecule has 0 fully saturated rings. The molecule has 0 amide bonds. The number of aliphatic hydroxyl groups is 5. The van der Waals surface area contributed by atoms with Crippen LogP contribution in [-0.2, 0) is 0 Å². The van der Waals surface area contributed by atoms with Crippen LogP contribution in [0.25, 0.3) is 0 Å². The fraction of sp³-hybridized carbons (Fsp3) is 0.889. The fourth-order valence-corrected chi connectivity index (χ4v) is 1.08. The van der Waals surface area contributed by atoms with E-state index in [9.17, 15) is 15.3 Å². The average Bonchev–Trinajstić information content (AvgIpc) is 2.25. The van der Waals surface area contributed by atoms with Gasteiger partial charge in [0, 0.05) is 0 Å². The Morgan fingerprint density at radius 3 is 1.94 bits per heavy atom. The number of likely N-dealkylation sites (N-methyl/N-ethyl adjacent to an activating group) is 1. The summed E-state index contributed by atoms with van der Waals surface area (Å²) in [6.45, 7) is 2.92. The SMILES string of the molecule is C=[N+](C)N(C)CC(O)C(O)C(O)C(O)CO. The minimum Gasteiger partial charge on any atom is -0.394 e. The minimum atomic E-state index is -1.59. The van der Waals surface area contributed by atoms with Gasteiger partial charge in [-0.1, -0.05) is 0 Å². The van der Waals surface area contributed by atoms with E-state index in [0.717, 1.165) is 0 Å². The zero-order valence-corrected chi connectivity index (χ0v) is 9.56. The second-order valence-electron chi connectivity index (χ2n) is 3.80. The zero-order chi connectivity index (χ0) is 12.9. The summed E-state index contributed by atoms with van der Waals surface area (Å²) in [5.74, 6) is 0. The van der Waals surface area contributed by atoms with Crippen LogP contribution in [0.3, 0.4) is 0 Å². The molecule has 0 bridgehead atoms. The first kappa shape index (κ1) is 15.3. The topological polar surface area (TPSA) is 107 Å². The third-order valence-electron chi connectivity index (χ3n) is 2.36. The van der Waals surface area contributed by atoms with Crippen molar-refractivity contribution in [2.24, 2.45) is 0 Å². The van der Waals surface area contributed by atoms with Crippen molar-refractivity contribution >= 4 is 6.72 Å². The molecule has 0 saturated carbocycles. The molecule has 0 heterocycles. The van der Waals surface area contributed by atoms with Crippen molar-refractivity contribution in [1.29, 1.82) is 0 Å². The van der Waals surface area contributed by atoms with Gasteiger partial charge in [-0.15, -0.1) is 4.68 Å². The van der Waals surface area contributed by atoms with Crippen LogP contribution >= 0.6 is 0 Å². The van der Waals surface area contributed by atoms with Crippen molar-refractivity contribution in [3.63, 3.8) is 0 Å². The van der Waals surface area contributed by atoms with Gasteiger partial charge in [0.25, 0.3) is 0 Å². The Morgan fingerprint density at radius 2 is 1.56 bits per heavy atom. The predicted molar refractivity (Wildman–Crippen MR) is 57.0 cm³/mol. The molecule has 0 aliphatic carbocycles. The van der Waals surface area contributed by atoms with Crippen LogP contribution in [0.1, 0.15) is 0 Å². The zero-order valence-electron chi connectivity index (χ0n) is 9.56. The highest BCUT2D eigenvalue weighted by Gasteiger charge is 2.31. The Bertz CT molecular complexity index is 226. The molecular weight excluding hydrogens is 216 g/mol. The molecule has 4 atom stereocenters. The standard InChI is InChI=1S/C9H21N2O5/c1-10(2)11(3)4-6(13)8(15)9(16)7(14)5-12/h6-9,12-16H,1,4-5H2,2-3H3/q+1. The van der Waals surface area contributed by atoms with E-state index in [4.69, 9.17) is 10.2 Å². The van der Waals surface area contributed by atoms with Crippen LogP contribution < -0.4 is 0 Å². The highest BCUT2D eigenvalue weighted by Crippen LogP contribution is 2.06. The van der Waals surface area contributed by atoms with Crippen LogP contribution in [0.2, 0.25) is 0 Å². The van der Waals surface area contributed by atoms with E-state index in [1.165, 1.54) is 9.69 Å². The summed E-state index contributed by atoms with van der Waals surface area (Å²) in [6, 6.07) is 0. The van der Waals surface area contributed by atoms with E-state index < -0.39 is 31.0 Å². The van der Waals surface area contributed by atoms with Gasteiger partial charge in [0.05, 0.1) is 13.7 Å². The van der Waals surface area contributed by atoms with Crippen molar-refractivity contribution in [3.8, 4) is 0 Å². The van der Waals surface area contributed by atoms with E-state index in [1.54, 1.807) is 14.1 Å². The summed E-state index contributed by atoms with van der Waals surface area (Å²) >= 11 is 0. The van der Waals surface area contributed by atoms with Crippen LogP contribution in [0.5, 0.6) is 0 Å². The van der Waals surface area contributed by atoms with Gasteiger partial charge in [0.1, 0.15) is 31.0 Å². The third-order valence-corrected chi connectivity index (χ3v) is 2.36. The Kier molecular flexibility index (Phi) is 6.46. The van der Waals surface area contributed by atoms with Gasteiger partial charge in [-0.25, -0.2) is 0 Å². The molecular formula is C9H21N2O5+. The summed E-state index contributed by atoms with van der Waals surface area (Å²) in [5, 5.41) is 47.6. The van der Waals surface area contributed by atoms with Crippen LogP contribution in [-0.4, -0.2) is 93.6 Å². The lowest BCUT2D eigenvalue weighted by molar-refractivity contribution is -0.656. The Labute approximate surface area is 94.5 Å². The number of hydrogen-bond donors (Lipinski definition) is 5. The van der Waals surface area contributed by atoms with Gasteiger partial charge in [-0.3, -0.25) is 0 Å². The molecule has 96 valence electrons. The summed E-state index contributed by atoms with van der Waals surface area (Å²) in [7, 11) is 3.29. The minimum absolute atomic E-state index is 0.0381. The highest BCUT2D eigenvalue weighted by atomic mass is 16.4. The lowest BCUT2D eigenvalue weighted by atomic mass is 10.0. The number of hydrogen-bond acceptors (Lipinski definition) is 6.